The van der Waals surface area contributed by atoms with Crippen molar-refractivity contribution < 1.29 is 23.5 Å². The first-order chi connectivity index (χ1) is 20.5. The number of carbonyl (C=O) groups is 2. The van der Waals surface area contributed by atoms with Gasteiger partial charge >= 0.3 is 0 Å². The number of methoxy groups -OCH3 is 1. The van der Waals surface area contributed by atoms with Gasteiger partial charge in [0.2, 0.25) is 5.91 Å². The van der Waals surface area contributed by atoms with Gasteiger partial charge in [-0.25, -0.2) is 4.39 Å². The molecule has 1 aliphatic heterocycles. The first kappa shape index (κ1) is 28.8. The molecule has 1 aliphatic rings. The van der Waals surface area contributed by atoms with E-state index < -0.39 is 17.8 Å². The van der Waals surface area contributed by atoms with Gasteiger partial charge in [-0.1, -0.05) is 60.7 Å². The van der Waals surface area contributed by atoms with E-state index in [9.17, 15) is 14.0 Å². The molecule has 0 bridgehead atoms. The SMILES string of the molecule is COc1ccc(C(C(=O)Nc2ccc(N3CCOCC3)cc2)N(Cc2ccccc2F)C(=O)Cc2ccccc2)cc1. The number of nitrogens with zero attached hydrogens (tertiary/aromatic N) is 2. The fourth-order valence-corrected chi connectivity index (χ4v) is 5.05. The number of benzene rings is 4. The van der Waals surface area contributed by atoms with E-state index >= 15 is 0 Å². The van der Waals surface area contributed by atoms with Gasteiger partial charge in [-0.2, -0.15) is 0 Å². The first-order valence-electron chi connectivity index (χ1n) is 14.0. The van der Waals surface area contributed by atoms with Crippen LogP contribution < -0.4 is 15.0 Å². The minimum atomic E-state index is -1.04. The van der Waals surface area contributed by atoms with Crippen molar-refractivity contribution in [3.63, 3.8) is 0 Å². The van der Waals surface area contributed by atoms with Crippen molar-refractivity contribution in [2.45, 2.75) is 19.0 Å². The summed E-state index contributed by atoms with van der Waals surface area (Å²) in [7, 11) is 1.56. The molecule has 42 heavy (non-hydrogen) atoms. The quantitative estimate of drug-likeness (QED) is 0.269. The van der Waals surface area contributed by atoms with Gasteiger partial charge in [0.05, 0.1) is 26.7 Å². The predicted molar refractivity (Wildman–Crippen MR) is 161 cm³/mol. The van der Waals surface area contributed by atoms with Crippen LogP contribution in [0.1, 0.15) is 22.7 Å². The van der Waals surface area contributed by atoms with Crippen LogP contribution >= 0.6 is 0 Å². The van der Waals surface area contributed by atoms with Crippen molar-refractivity contribution in [2.24, 2.45) is 0 Å². The van der Waals surface area contributed by atoms with Crippen LogP contribution in [-0.2, 0) is 27.3 Å². The monoisotopic (exact) mass is 567 g/mol. The molecule has 0 aliphatic carbocycles. The second-order valence-electron chi connectivity index (χ2n) is 10.1. The molecule has 1 saturated heterocycles. The minimum Gasteiger partial charge on any atom is -0.497 e. The molecule has 2 amide bonds. The van der Waals surface area contributed by atoms with Crippen molar-refractivity contribution in [1.29, 1.82) is 0 Å². The Morgan fingerprint density at radius 3 is 2.24 bits per heavy atom. The molecule has 0 aromatic heterocycles. The first-order valence-corrected chi connectivity index (χ1v) is 14.0. The predicted octanol–water partition coefficient (Wildman–Crippen LogP) is 5.62. The van der Waals surface area contributed by atoms with Crippen LogP contribution in [0.25, 0.3) is 0 Å². The Bertz CT molecular complexity index is 1470. The van der Waals surface area contributed by atoms with Crippen molar-refractivity contribution in [2.75, 3.05) is 43.6 Å². The maximum Gasteiger partial charge on any atom is 0.251 e. The minimum absolute atomic E-state index is 0.0590. The number of halogens is 1. The number of amides is 2. The summed E-state index contributed by atoms with van der Waals surface area (Å²) in [5.74, 6) is -0.532. The number of morpholine rings is 1. The normalized spacial score (nSPS) is 13.7. The lowest BCUT2D eigenvalue weighted by Gasteiger charge is -2.32. The molecule has 7 nitrogen and oxygen atoms in total. The molecule has 1 atom stereocenters. The number of nitrogens with one attached hydrogen (secondary N) is 1. The summed E-state index contributed by atoms with van der Waals surface area (Å²) < 4.78 is 25.6. The molecule has 0 spiro atoms. The zero-order valence-electron chi connectivity index (χ0n) is 23.5. The Kier molecular flexibility index (Phi) is 9.46. The Morgan fingerprint density at radius 1 is 0.905 bits per heavy atom. The van der Waals surface area contributed by atoms with E-state index in [1.54, 1.807) is 49.6 Å². The Labute approximate surface area is 245 Å². The largest absolute Gasteiger partial charge is 0.497 e. The van der Waals surface area contributed by atoms with E-state index in [1.165, 1.54) is 11.0 Å². The molecule has 0 radical (unpaired) electrons. The zero-order valence-corrected chi connectivity index (χ0v) is 23.5. The van der Waals surface area contributed by atoms with Crippen molar-refractivity contribution in [1.82, 2.24) is 4.90 Å². The number of carbonyl (C=O) groups excluding carboxylic acids is 2. The highest BCUT2D eigenvalue weighted by Crippen LogP contribution is 2.29. The molecule has 1 heterocycles. The Morgan fingerprint density at radius 2 is 1.57 bits per heavy atom. The summed E-state index contributed by atoms with van der Waals surface area (Å²) in [6.07, 6.45) is 0.0590. The van der Waals surface area contributed by atoms with Gasteiger partial charge in [0.15, 0.2) is 0 Å². The van der Waals surface area contributed by atoms with Gasteiger partial charge in [-0.3, -0.25) is 9.59 Å². The maximum atomic E-state index is 14.9. The third kappa shape index (κ3) is 7.14. The van der Waals surface area contributed by atoms with Crippen LogP contribution in [0.2, 0.25) is 0 Å². The summed E-state index contributed by atoms with van der Waals surface area (Å²) in [6.45, 7) is 2.88. The number of hydrogen-bond donors (Lipinski definition) is 1. The molecular weight excluding hydrogens is 533 g/mol. The maximum absolute atomic E-state index is 14.9. The standard InChI is InChI=1S/C34H34FN3O4/c1-41-30-17-11-26(12-18-30)33(34(40)36-28-13-15-29(16-14-28)37-19-21-42-22-20-37)38(24-27-9-5-6-10-31(27)35)32(39)23-25-7-3-2-4-8-25/h2-18,33H,19-24H2,1H3,(H,36,40). The molecule has 4 aromatic rings. The van der Waals surface area contributed by atoms with E-state index in [0.717, 1.165) is 24.3 Å². The number of ether oxygens (including phenoxy) is 2. The number of anilines is 2. The van der Waals surface area contributed by atoms with Crippen LogP contribution in [0, 0.1) is 5.82 Å². The summed E-state index contributed by atoms with van der Waals surface area (Å²) in [5.41, 5.74) is 3.34. The lowest BCUT2D eigenvalue weighted by molar-refractivity contribution is -0.139. The fraction of sp³-hybridized carbons (Fsp3) is 0.235. The zero-order chi connectivity index (χ0) is 29.3. The summed E-state index contributed by atoms with van der Waals surface area (Å²) in [4.78, 5) is 31.7. The van der Waals surface area contributed by atoms with E-state index in [-0.39, 0.29) is 18.9 Å². The smallest absolute Gasteiger partial charge is 0.251 e. The van der Waals surface area contributed by atoms with E-state index in [4.69, 9.17) is 9.47 Å². The van der Waals surface area contributed by atoms with Gasteiger partial charge < -0.3 is 24.6 Å². The highest BCUT2D eigenvalue weighted by atomic mass is 19.1. The third-order valence-electron chi connectivity index (χ3n) is 7.32. The summed E-state index contributed by atoms with van der Waals surface area (Å²) in [6, 6.07) is 29.2. The van der Waals surface area contributed by atoms with Gasteiger partial charge in [-0.05, 0) is 53.6 Å². The second-order valence-corrected chi connectivity index (χ2v) is 10.1. The van der Waals surface area contributed by atoms with Crippen LogP contribution in [0.4, 0.5) is 15.8 Å². The van der Waals surface area contributed by atoms with Crippen molar-refractivity contribution in [3.05, 3.63) is 126 Å². The third-order valence-corrected chi connectivity index (χ3v) is 7.32. The summed E-state index contributed by atoms with van der Waals surface area (Å²) >= 11 is 0. The number of rotatable bonds is 10. The van der Waals surface area contributed by atoms with Gasteiger partial charge in [0, 0.05) is 36.6 Å². The average Bonchev–Trinajstić information content (AvgIpc) is 3.03. The van der Waals surface area contributed by atoms with Gasteiger partial charge in [0.1, 0.15) is 17.6 Å². The van der Waals surface area contributed by atoms with Crippen LogP contribution in [0.3, 0.4) is 0 Å². The van der Waals surface area contributed by atoms with E-state index in [2.05, 4.69) is 10.2 Å². The van der Waals surface area contributed by atoms with E-state index in [0.29, 0.717) is 35.8 Å². The lowest BCUT2D eigenvalue weighted by Crippen LogP contribution is -2.41. The topological polar surface area (TPSA) is 71.1 Å². The molecule has 1 N–H and O–H groups in total. The molecule has 8 heteroatoms. The Balaban J connectivity index is 1.48. The average molecular weight is 568 g/mol. The fourth-order valence-electron chi connectivity index (χ4n) is 5.05. The molecule has 4 aromatic carbocycles. The number of hydrogen-bond acceptors (Lipinski definition) is 5. The molecule has 0 saturated carbocycles. The van der Waals surface area contributed by atoms with Crippen molar-refractivity contribution in [3.8, 4) is 5.75 Å². The van der Waals surface area contributed by atoms with Gasteiger partial charge in [0.25, 0.3) is 5.91 Å². The lowest BCUT2D eigenvalue weighted by atomic mass is 10.0. The highest BCUT2D eigenvalue weighted by molar-refractivity contribution is 5.98. The van der Waals surface area contributed by atoms with Crippen LogP contribution in [0.5, 0.6) is 5.75 Å². The van der Waals surface area contributed by atoms with Crippen LogP contribution in [-0.4, -0.2) is 50.1 Å². The molecule has 216 valence electrons. The molecular formula is C34H34FN3O4. The molecule has 5 rings (SSSR count). The van der Waals surface area contributed by atoms with Crippen molar-refractivity contribution >= 4 is 23.2 Å². The van der Waals surface area contributed by atoms with Gasteiger partial charge in [-0.15, -0.1) is 0 Å². The van der Waals surface area contributed by atoms with E-state index in [1.807, 2.05) is 54.6 Å². The summed E-state index contributed by atoms with van der Waals surface area (Å²) in [5, 5.41) is 3.00. The van der Waals surface area contributed by atoms with Crippen LogP contribution in [0.15, 0.2) is 103 Å². The molecule has 1 unspecified atom stereocenters. The Hall–Kier alpha value is -4.69. The molecule has 1 fully saturated rings. The highest BCUT2D eigenvalue weighted by Gasteiger charge is 2.32. The second kappa shape index (κ2) is 13.8.